The van der Waals surface area contributed by atoms with Gasteiger partial charge in [-0.1, -0.05) is 56.3 Å². The fourth-order valence-corrected chi connectivity index (χ4v) is 4.96. The summed E-state index contributed by atoms with van der Waals surface area (Å²) in [6.07, 6.45) is 3.01. The number of nitrogens with zero attached hydrogens (tertiary/aromatic N) is 2. The number of carbonyl (C=O) groups excluding carboxylic acids is 2. The van der Waals surface area contributed by atoms with E-state index in [9.17, 15) is 14.7 Å². The molecule has 1 heterocycles. The molecule has 38 heavy (non-hydrogen) atoms. The summed E-state index contributed by atoms with van der Waals surface area (Å²) in [5.41, 5.74) is 12.6. The van der Waals surface area contributed by atoms with E-state index >= 15 is 0 Å². The third kappa shape index (κ3) is 8.76. The van der Waals surface area contributed by atoms with Crippen molar-refractivity contribution in [3.63, 3.8) is 0 Å². The fourth-order valence-electron chi connectivity index (χ4n) is 4.96. The number of nitrogens with two attached hydrogens (primary N) is 2. The molecule has 9 heteroatoms. The van der Waals surface area contributed by atoms with Crippen molar-refractivity contribution in [2.45, 2.75) is 58.2 Å². The van der Waals surface area contributed by atoms with Gasteiger partial charge in [0.15, 0.2) is 5.96 Å². The third-order valence-corrected chi connectivity index (χ3v) is 7.23. The van der Waals surface area contributed by atoms with E-state index in [4.69, 9.17) is 11.5 Å². The highest BCUT2D eigenvalue weighted by Gasteiger charge is 2.33. The molecular formula is C29H42N6O3. The van der Waals surface area contributed by atoms with Crippen molar-refractivity contribution in [2.24, 2.45) is 28.3 Å². The number of guanidine groups is 1. The van der Waals surface area contributed by atoms with Gasteiger partial charge in [-0.15, -0.1) is 0 Å². The first-order valence-electron chi connectivity index (χ1n) is 13.4. The second-order valence-corrected chi connectivity index (χ2v) is 10.3. The maximum Gasteiger partial charge on any atom is 0.242 e. The van der Waals surface area contributed by atoms with Gasteiger partial charge in [-0.05, 0) is 73.9 Å². The van der Waals surface area contributed by atoms with Crippen molar-refractivity contribution in [3.8, 4) is 5.75 Å². The zero-order chi connectivity index (χ0) is 27.5. The Morgan fingerprint density at radius 2 is 1.68 bits per heavy atom. The van der Waals surface area contributed by atoms with E-state index in [1.807, 2.05) is 30.3 Å². The molecule has 0 bridgehead atoms. The number of piperidine rings is 1. The number of phenolic OH excluding ortho intramolecular Hbond substituents is 1. The molecular weight excluding hydrogens is 480 g/mol. The molecule has 7 N–H and O–H groups in total. The van der Waals surface area contributed by atoms with Crippen molar-refractivity contribution < 1.29 is 14.7 Å². The molecule has 2 aromatic carbocycles. The number of hydrogen-bond donors (Lipinski definition) is 5. The van der Waals surface area contributed by atoms with E-state index < -0.39 is 12.1 Å². The van der Waals surface area contributed by atoms with Crippen LogP contribution in [-0.4, -0.2) is 53.5 Å². The Morgan fingerprint density at radius 3 is 2.29 bits per heavy atom. The van der Waals surface area contributed by atoms with Crippen molar-refractivity contribution >= 4 is 17.8 Å². The number of hydrogen-bond acceptors (Lipinski definition) is 5. The molecule has 1 unspecified atom stereocenters. The van der Waals surface area contributed by atoms with Gasteiger partial charge in [-0.25, -0.2) is 0 Å². The third-order valence-electron chi connectivity index (χ3n) is 7.23. The van der Waals surface area contributed by atoms with Gasteiger partial charge in [0.1, 0.15) is 17.8 Å². The van der Waals surface area contributed by atoms with Crippen LogP contribution in [0.15, 0.2) is 59.6 Å². The summed E-state index contributed by atoms with van der Waals surface area (Å²) in [5, 5.41) is 15.5. The highest BCUT2D eigenvalue weighted by atomic mass is 16.3. The lowest BCUT2D eigenvalue weighted by molar-refractivity contribution is -0.133. The maximum atomic E-state index is 13.8. The monoisotopic (exact) mass is 522 g/mol. The molecule has 3 rings (SSSR count). The molecule has 0 spiro atoms. The van der Waals surface area contributed by atoms with Crippen molar-refractivity contribution in [2.75, 3.05) is 19.6 Å². The van der Waals surface area contributed by atoms with Crippen molar-refractivity contribution in [1.82, 2.24) is 15.5 Å². The van der Waals surface area contributed by atoms with Gasteiger partial charge in [0.2, 0.25) is 11.8 Å². The minimum absolute atomic E-state index is 0.00342. The predicted molar refractivity (Wildman–Crippen MR) is 150 cm³/mol. The molecule has 1 aliphatic rings. The van der Waals surface area contributed by atoms with Crippen LogP contribution in [0.3, 0.4) is 0 Å². The van der Waals surface area contributed by atoms with Crippen LogP contribution < -0.4 is 22.1 Å². The van der Waals surface area contributed by atoms with Crippen LogP contribution in [0.5, 0.6) is 5.75 Å². The number of likely N-dealkylation sites (tertiary alicyclic amines) is 1. The molecule has 2 amide bonds. The lowest BCUT2D eigenvalue weighted by Crippen LogP contribution is -2.51. The normalized spacial score (nSPS) is 16.0. The summed E-state index contributed by atoms with van der Waals surface area (Å²) < 4.78 is 0. The van der Waals surface area contributed by atoms with Crippen molar-refractivity contribution in [1.29, 1.82) is 0 Å². The number of phenols is 1. The van der Waals surface area contributed by atoms with Crippen LogP contribution in [0.1, 0.15) is 56.7 Å². The van der Waals surface area contributed by atoms with Crippen LogP contribution in [0.4, 0.5) is 0 Å². The van der Waals surface area contributed by atoms with Gasteiger partial charge in [0.25, 0.3) is 0 Å². The Kier molecular flexibility index (Phi) is 11.0. The Balaban J connectivity index is 1.74. The molecule has 1 aliphatic heterocycles. The zero-order valence-electron chi connectivity index (χ0n) is 22.5. The standard InChI is InChI=1S/C29H42N6O3/c1-20(2)22-14-17-35(18-15-22)26(23-7-4-3-5-8-23)28(38)34-25(9-6-16-32-29(30)31)27(37)33-19-21-10-12-24(36)13-11-21/h3-5,7-8,10-13,20,22,25-26,36H,6,9,14-19H2,1-2H3,(H,33,37)(H,34,38)(H4,30,31,32)/t25-,26?/m1/s1. The van der Waals surface area contributed by atoms with Crippen molar-refractivity contribution in [3.05, 3.63) is 65.7 Å². The smallest absolute Gasteiger partial charge is 0.242 e. The van der Waals surface area contributed by atoms with E-state index in [-0.39, 0.29) is 30.1 Å². The van der Waals surface area contributed by atoms with Gasteiger partial charge in [-0.3, -0.25) is 19.5 Å². The number of nitrogens with one attached hydrogen (secondary N) is 2. The number of carbonyl (C=O) groups is 2. The van der Waals surface area contributed by atoms with Gasteiger partial charge >= 0.3 is 0 Å². The van der Waals surface area contributed by atoms with Crippen LogP contribution in [0.2, 0.25) is 0 Å². The molecule has 2 aromatic rings. The minimum atomic E-state index is -0.742. The summed E-state index contributed by atoms with van der Waals surface area (Å²) in [7, 11) is 0. The predicted octanol–water partition coefficient (Wildman–Crippen LogP) is 2.66. The highest BCUT2D eigenvalue weighted by Crippen LogP contribution is 2.30. The van der Waals surface area contributed by atoms with E-state index in [1.54, 1.807) is 24.3 Å². The summed E-state index contributed by atoms with van der Waals surface area (Å²) in [4.78, 5) is 33.3. The van der Waals surface area contributed by atoms with E-state index in [0.29, 0.717) is 31.2 Å². The zero-order valence-corrected chi connectivity index (χ0v) is 22.5. The number of aliphatic imine (C=N–C) groups is 1. The lowest BCUT2D eigenvalue weighted by Gasteiger charge is -2.38. The first-order chi connectivity index (χ1) is 18.2. The lowest BCUT2D eigenvalue weighted by atomic mass is 9.85. The molecule has 2 atom stereocenters. The molecule has 0 saturated carbocycles. The van der Waals surface area contributed by atoms with Gasteiger partial charge < -0.3 is 27.2 Å². The average Bonchev–Trinajstić information content (AvgIpc) is 2.91. The molecule has 9 nitrogen and oxygen atoms in total. The molecule has 1 saturated heterocycles. The van der Waals surface area contributed by atoms with Gasteiger partial charge in [0, 0.05) is 13.1 Å². The van der Waals surface area contributed by atoms with E-state index in [2.05, 4.69) is 34.4 Å². The highest BCUT2D eigenvalue weighted by molar-refractivity contribution is 5.90. The van der Waals surface area contributed by atoms with Crippen LogP contribution in [0, 0.1) is 11.8 Å². The number of aromatic hydroxyl groups is 1. The first kappa shape index (κ1) is 29.0. The summed E-state index contributed by atoms with van der Waals surface area (Å²) in [6.45, 7) is 6.82. The second kappa shape index (κ2) is 14.4. The molecule has 1 fully saturated rings. The van der Waals surface area contributed by atoms with Crippen LogP contribution in [0.25, 0.3) is 0 Å². The summed E-state index contributed by atoms with van der Waals surface area (Å²) >= 11 is 0. The SMILES string of the molecule is CC(C)C1CCN(C(C(=O)N[C@H](CCCN=C(N)N)C(=O)NCc2ccc(O)cc2)c2ccccc2)CC1. The number of rotatable bonds is 12. The van der Waals surface area contributed by atoms with Crippen LogP contribution >= 0.6 is 0 Å². The minimum Gasteiger partial charge on any atom is -0.508 e. The number of amides is 2. The second-order valence-electron chi connectivity index (χ2n) is 10.3. The Labute approximate surface area is 225 Å². The van der Waals surface area contributed by atoms with E-state index in [0.717, 1.165) is 37.1 Å². The Morgan fingerprint density at radius 1 is 1.03 bits per heavy atom. The largest absolute Gasteiger partial charge is 0.508 e. The Hall–Kier alpha value is -3.59. The molecule has 0 aliphatic carbocycles. The summed E-state index contributed by atoms with van der Waals surface area (Å²) in [5.74, 6) is 0.964. The maximum absolute atomic E-state index is 13.8. The number of benzene rings is 2. The molecule has 0 radical (unpaired) electrons. The van der Waals surface area contributed by atoms with Gasteiger partial charge in [0.05, 0.1) is 0 Å². The first-order valence-corrected chi connectivity index (χ1v) is 13.4. The molecule has 206 valence electrons. The fraction of sp³-hybridized carbons (Fsp3) is 0.483. The average molecular weight is 523 g/mol. The van der Waals surface area contributed by atoms with E-state index in [1.165, 1.54) is 0 Å². The Bertz CT molecular complexity index is 1050. The van der Waals surface area contributed by atoms with Crippen LogP contribution in [-0.2, 0) is 16.1 Å². The summed E-state index contributed by atoms with van der Waals surface area (Å²) in [6, 6.07) is 15.2. The quantitative estimate of drug-likeness (QED) is 0.165. The van der Waals surface area contributed by atoms with Gasteiger partial charge in [-0.2, -0.15) is 0 Å². The topological polar surface area (TPSA) is 146 Å². The molecule has 0 aromatic heterocycles.